The van der Waals surface area contributed by atoms with Crippen LogP contribution in [0.2, 0.25) is 0 Å². The zero-order valence-electron chi connectivity index (χ0n) is 6.03. The molecule has 3 nitrogen and oxygen atoms in total. The van der Waals surface area contributed by atoms with Gasteiger partial charge in [0.15, 0.2) is 0 Å². The third kappa shape index (κ3) is 1.38. The van der Waals surface area contributed by atoms with Gasteiger partial charge in [0, 0.05) is 0 Å². The lowest BCUT2D eigenvalue weighted by molar-refractivity contribution is -0.125. The summed E-state index contributed by atoms with van der Waals surface area (Å²) in [6.07, 6.45) is 4.97. The Morgan fingerprint density at radius 1 is 1.73 bits per heavy atom. The summed E-state index contributed by atoms with van der Waals surface area (Å²) in [4.78, 5) is 23.1. The molecule has 1 aliphatic rings. The standard InChI is InChI=1S/C7H7NO2S/c1-3-4-8-6(9)5(2)11-7(8)10/h1,5H,4H2,2H3. The number of carbonyl (C=O) groups excluding carboxylic acids is 2. The molecule has 1 unspecified atom stereocenters. The van der Waals surface area contributed by atoms with Gasteiger partial charge in [-0.25, -0.2) is 0 Å². The summed E-state index contributed by atoms with van der Waals surface area (Å²) in [5, 5.41) is -0.503. The molecule has 0 spiro atoms. The highest BCUT2D eigenvalue weighted by Gasteiger charge is 2.35. The molecule has 0 aliphatic carbocycles. The smallest absolute Gasteiger partial charge is 0.273 e. The Balaban J connectivity index is 2.73. The summed E-state index contributed by atoms with van der Waals surface area (Å²) in [7, 11) is 0. The van der Waals surface area contributed by atoms with Crippen LogP contribution < -0.4 is 0 Å². The number of nitrogens with zero attached hydrogens (tertiary/aromatic N) is 1. The number of imide groups is 1. The van der Waals surface area contributed by atoms with Crippen LogP contribution >= 0.6 is 11.8 Å². The highest BCUT2D eigenvalue weighted by Crippen LogP contribution is 2.25. The molecule has 0 bridgehead atoms. The van der Waals surface area contributed by atoms with Crippen molar-refractivity contribution in [3.8, 4) is 12.3 Å². The highest BCUT2D eigenvalue weighted by atomic mass is 32.2. The lowest BCUT2D eigenvalue weighted by Crippen LogP contribution is -2.30. The lowest BCUT2D eigenvalue weighted by Gasteiger charge is -2.07. The van der Waals surface area contributed by atoms with E-state index in [9.17, 15) is 9.59 Å². The number of carbonyl (C=O) groups is 2. The van der Waals surface area contributed by atoms with E-state index in [4.69, 9.17) is 6.42 Å². The van der Waals surface area contributed by atoms with Gasteiger partial charge in [0.05, 0.1) is 11.8 Å². The van der Waals surface area contributed by atoms with E-state index in [1.54, 1.807) is 6.92 Å². The van der Waals surface area contributed by atoms with E-state index in [1.165, 1.54) is 0 Å². The van der Waals surface area contributed by atoms with E-state index in [0.717, 1.165) is 16.7 Å². The SMILES string of the molecule is C#CCN1C(=O)SC(C)C1=O. The third-order valence-electron chi connectivity index (χ3n) is 1.36. The van der Waals surface area contributed by atoms with Crippen LogP contribution in [0, 0.1) is 12.3 Å². The molecule has 0 saturated carbocycles. The predicted octanol–water partition coefficient (Wildman–Crippen LogP) is 0.704. The van der Waals surface area contributed by atoms with E-state index in [0.29, 0.717) is 0 Å². The number of hydrogen-bond acceptors (Lipinski definition) is 3. The van der Waals surface area contributed by atoms with Crippen molar-refractivity contribution in [2.75, 3.05) is 6.54 Å². The predicted molar refractivity (Wildman–Crippen MR) is 43.0 cm³/mol. The lowest BCUT2D eigenvalue weighted by atomic mass is 10.4. The van der Waals surface area contributed by atoms with Crippen LogP contribution in [0.15, 0.2) is 0 Å². The Hall–Kier alpha value is -0.950. The van der Waals surface area contributed by atoms with Gasteiger partial charge in [-0.3, -0.25) is 14.5 Å². The molecule has 1 rings (SSSR count). The molecule has 0 aromatic carbocycles. The molecule has 2 amide bonds. The fourth-order valence-corrected chi connectivity index (χ4v) is 1.62. The number of hydrogen-bond donors (Lipinski definition) is 0. The molecule has 1 atom stereocenters. The Labute approximate surface area is 69.1 Å². The number of rotatable bonds is 1. The maximum atomic E-state index is 11.1. The highest BCUT2D eigenvalue weighted by molar-refractivity contribution is 8.15. The molecule has 0 aromatic rings. The molecular formula is C7H7NO2S. The Morgan fingerprint density at radius 2 is 2.36 bits per heavy atom. The van der Waals surface area contributed by atoms with Gasteiger partial charge < -0.3 is 0 Å². The first-order valence-electron chi connectivity index (χ1n) is 3.12. The van der Waals surface area contributed by atoms with Crippen molar-refractivity contribution >= 4 is 22.9 Å². The number of terminal acetylenes is 1. The van der Waals surface area contributed by atoms with E-state index in [1.807, 2.05) is 0 Å². The second-order valence-corrected chi connectivity index (χ2v) is 3.45. The van der Waals surface area contributed by atoms with E-state index in [-0.39, 0.29) is 22.9 Å². The average Bonchev–Trinajstić information content (AvgIpc) is 2.17. The summed E-state index contributed by atoms with van der Waals surface area (Å²) in [6, 6.07) is 0. The minimum atomic E-state index is -0.268. The zero-order chi connectivity index (χ0) is 8.43. The zero-order valence-corrected chi connectivity index (χ0v) is 6.85. The van der Waals surface area contributed by atoms with Crippen molar-refractivity contribution in [1.82, 2.24) is 4.90 Å². The van der Waals surface area contributed by atoms with Gasteiger partial charge in [0.1, 0.15) is 0 Å². The monoisotopic (exact) mass is 169 g/mol. The van der Waals surface area contributed by atoms with Crippen molar-refractivity contribution in [1.29, 1.82) is 0 Å². The molecule has 1 aliphatic heterocycles. The third-order valence-corrected chi connectivity index (χ3v) is 2.34. The van der Waals surface area contributed by atoms with Crippen LogP contribution in [0.1, 0.15) is 6.92 Å². The fourth-order valence-electron chi connectivity index (χ4n) is 0.808. The molecule has 1 heterocycles. The molecule has 0 aromatic heterocycles. The molecule has 4 heteroatoms. The summed E-state index contributed by atoms with van der Waals surface area (Å²) in [6.45, 7) is 1.79. The van der Waals surface area contributed by atoms with Gasteiger partial charge in [0.2, 0.25) is 5.91 Å². The van der Waals surface area contributed by atoms with E-state index < -0.39 is 0 Å². The van der Waals surface area contributed by atoms with Gasteiger partial charge in [-0.15, -0.1) is 6.42 Å². The quantitative estimate of drug-likeness (QED) is 0.542. The van der Waals surface area contributed by atoms with E-state index >= 15 is 0 Å². The molecule has 0 radical (unpaired) electrons. The van der Waals surface area contributed by atoms with Gasteiger partial charge in [-0.2, -0.15) is 0 Å². The van der Waals surface area contributed by atoms with Gasteiger partial charge in [0.25, 0.3) is 5.24 Å². The molecule has 1 saturated heterocycles. The molecule has 11 heavy (non-hydrogen) atoms. The van der Waals surface area contributed by atoms with Crippen LogP contribution in [0.25, 0.3) is 0 Å². The average molecular weight is 169 g/mol. The van der Waals surface area contributed by atoms with Crippen LogP contribution in [0.4, 0.5) is 4.79 Å². The Bertz CT molecular complexity index is 243. The minimum absolute atomic E-state index is 0.0923. The first kappa shape index (κ1) is 8.15. The summed E-state index contributed by atoms with van der Waals surface area (Å²) in [5.41, 5.74) is 0. The summed E-state index contributed by atoms with van der Waals surface area (Å²) < 4.78 is 0. The van der Waals surface area contributed by atoms with Crippen LogP contribution in [0.3, 0.4) is 0 Å². The maximum Gasteiger partial charge on any atom is 0.289 e. The van der Waals surface area contributed by atoms with Crippen molar-refractivity contribution in [3.05, 3.63) is 0 Å². The minimum Gasteiger partial charge on any atom is -0.273 e. The van der Waals surface area contributed by atoms with E-state index in [2.05, 4.69) is 5.92 Å². The van der Waals surface area contributed by atoms with Crippen molar-refractivity contribution in [2.45, 2.75) is 12.2 Å². The normalized spacial score (nSPS) is 24.0. The largest absolute Gasteiger partial charge is 0.289 e. The molecule has 58 valence electrons. The van der Waals surface area contributed by atoms with Crippen molar-refractivity contribution in [3.63, 3.8) is 0 Å². The van der Waals surface area contributed by atoms with Crippen LogP contribution in [0.5, 0.6) is 0 Å². The van der Waals surface area contributed by atoms with Gasteiger partial charge >= 0.3 is 0 Å². The van der Waals surface area contributed by atoms with Gasteiger partial charge in [-0.1, -0.05) is 17.7 Å². The maximum absolute atomic E-state index is 11.1. The van der Waals surface area contributed by atoms with Crippen molar-refractivity contribution in [2.24, 2.45) is 0 Å². The molecular weight excluding hydrogens is 162 g/mol. The number of amides is 2. The van der Waals surface area contributed by atoms with Crippen LogP contribution in [-0.4, -0.2) is 27.8 Å². The molecule has 1 fully saturated rings. The summed E-state index contributed by atoms with van der Waals surface area (Å²) >= 11 is 1.02. The Morgan fingerprint density at radius 3 is 2.73 bits per heavy atom. The topological polar surface area (TPSA) is 37.4 Å². The Kier molecular flexibility index (Phi) is 2.20. The van der Waals surface area contributed by atoms with Gasteiger partial charge in [-0.05, 0) is 6.92 Å². The summed E-state index contributed by atoms with van der Waals surface area (Å²) in [5.74, 6) is 2.08. The van der Waals surface area contributed by atoms with Crippen LogP contribution in [-0.2, 0) is 4.79 Å². The molecule has 0 N–H and O–H groups in total. The van der Waals surface area contributed by atoms with Crippen molar-refractivity contribution < 1.29 is 9.59 Å². The second-order valence-electron chi connectivity index (χ2n) is 2.15. The second kappa shape index (κ2) is 2.97. The first-order valence-corrected chi connectivity index (χ1v) is 4.00. The number of thioether (sulfide) groups is 1. The fraction of sp³-hybridized carbons (Fsp3) is 0.429. The first-order chi connectivity index (χ1) is 5.16.